The van der Waals surface area contributed by atoms with Crippen LogP contribution in [-0.4, -0.2) is 47.2 Å². The second-order valence-electron chi connectivity index (χ2n) is 7.50. The SMILES string of the molecule is CC1(C(=O)N2CCC(C(=O)c3ccc4c(c3)OCCO4)CC2)CC1(Cl)Cl. The summed E-state index contributed by atoms with van der Waals surface area (Å²) in [4.78, 5) is 27.3. The van der Waals surface area contributed by atoms with Gasteiger partial charge in [-0.3, -0.25) is 9.59 Å². The van der Waals surface area contributed by atoms with E-state index in [0.717, 1.165) is 0 Å². The Kier molecular flexibility index (Phi) is 4.35. The fourth-order valence-corrected chi connectivity index (χ4v) is 4.45. The summed E-state index contributed by atoms with van der Waals surface area (Å²) in [5.74, 6) is 1.29. The van der Waals surface area contributed by atoms with E-state index in [-0.39, 0.29) is 17.6 Å². The Morgan fingerprint density at radius 2 is 1.73 bits per heavy atom. The molecule has 3 aliphatic rings. The molecule has 4 rings (SSSR count). The molecule has 2 fully saturated rings. The van der Waals surface area contributed by atoms with Crippen LogP contribution in [0, 0.1) is 11.3 Å². The first kappa shape index (κ1) is 17.9. The number of fused-ring (bicyclic) bond motifs is 1. The van der Waals surface area contributed by atoms with Crippen molar-refractivity contribution in [3.05, 3.63) is 23.8 Å². The Morgan fingerprint density at radius 3 is 2.35 bits per heavy atom. The Bertz CT molecular complexity index is 758. The fourth-order valence-electron chi connectivity index (χ4n) is 3.76. The van der Waals surface area contributed by atoms with Crippen molar-refractivity contribution in [2.45, 2.75) is 30.5 Å². The summed E-state index contributed by atoms with van der Waals surface area (Å²) in [6.45, 7) is 3.93. The van der Waals surface area contributed by atoms with E-state index in [1.807, 2.05) is 6.92 Å². The molecule has 0 spiro atoms. The molecular formula is C19H21Cl2NO4. The minimum atomic E-state index is -0.956. The minimum Gasteiger partial charge on any atom is -0.486 e. The molecular weight excluding hydrogens is 377 g/mol. The summed E-state index contributed by atoms with van der Waals surface area (Å²) < 4.78 is 10.1. The normalized spacial score (nSPS) is 27.1. The lowest BCUT2D eigenvalue weighted by atomic mass is 9.88. The van der Waals surface area contributed by atoms with Crippen LogP contribution in [0.3, 0.4) is 0 Å². The second kappa shape index (κ2) is 6.31. The standard InChI is InChI=1S/C19H21Cl2NO4/c1-18(11-19(18,20)21)17(24)22-6-4-12(5-7-22)16(23)13-2-3-14-15(10-13)26-9-8-25-14/h2-3,10,12H,4-9,11H2,1H3. The summed E-state index contributed by atoms with van der Waals surface area (Å²) in [5, 5.41) is 0. The quantitative estimate of drug-likeness (QED) is 0.578. The van der Waals surface area contributed by atoms with Crippen LogP contribution in [0.4, 0.5) is 0 Å². The van der Waals surface area contributed by atoms with Crippen LogP contribution in [0.5, 0.6) is 11.5 Å². The lowest BCUT2D eigenvalue weighted by Gasteiger charge is -2.33. The van der Waals surface area contributed by atoms with Crippen LogP contribution in [-0.2, 0) is 4.79 Å². The molecule has 1 atom stereocenters. The molecule has 1 aromatic rings. The third-order valence-corrected chi connectivity index (χ3v) is 6.81. The molecule has 7 heteroatoms. The Hall–Kier alpha value is -1.46. The smallest absolute Gasteiger partial charge is 0.231 e. The van der Waals surface area contributed by atoms with Crippen molar-refractivity contribution >= 4 is 34.9 Å². The fraction of sp³-hybridized carbons (Fsp3) is 0.579. The molecule has 1 amide bonds. The van der Waals surface area contributed by atoms with Gasteiger partial charge in [0.05, 0.1) is 5.41 Å². The van der Waals surface area contributed by atoms with Crippen LogP contribution < -0.4 is 9.47 Å². The van der Waals surface area contributed by atoms with Gasteiger partial charge in [0, 0.05) is 24.6 Å². The van der Waals surface area contributed by atoms with E-state index in [2.05, 4.69) is 0 Å². The molecule has 0 bridgehead atoms. The van der Waals surface area contributed by atoms with Crippen molar-refractivity contribution in [3.8, 4) is 11.5 Å². The number of alkyl halides is 2. The van der Waals surface area contributed by atoms with Gasteiger partial charge in [-0.05, 0) is 44.4 Å². The number of carbonyl (C=O) groups excluding carboxylic acids is 2. The maximum Gasteiger partial charge on any atom is 0.231 e. The number of amides is 1. The van der Waals surface area contributed by atoms with Crippen molar-refractivity contribution in [2.75, 3.05) is 26.3 Å². The van der Waals surface area contributed by atoms with Gasteiger partial charge in [-0.25, -0.2) is 0 Å². The summed E-state index contributed by atoms with van der Waals surface area (Å²) >= 11 is 12.2. The van der Waals surface area contributed by atoms with Crippen LogP contribution in [0.15, 0.2) is 18.2 Å². The summed E-state index contributed by atoms with van der Waals surface area (Å²) in [6.07, 6.45) is 1.78. The Balaban J connectivity index is 1.39. The maximum atomic E-state index is 12.8. The van der Waals surface area contributed by atoms with E-state index < -0.39 is 9.75 Å². The highest BCUT2D eigenvalue weighted by molar-refractivity contribution is 6.53. The zero-order chi connectivity index (χ0) is 18.5. The van der Waals surface area contributed by atoms with Crippen molar-refractivity contribution in [1.29, 1.82) is 0 Å². The largest absolute Gasteiger partial charge is 0.486 e. The molecule has 0 N–H and O–H groups in total. The number of likely N-dealkylation sites (tertiary alicyclic amines) is 1. The highest BCUT2D eigenvalue weighted by Gasteiger charge is 2.68. The van der Waals surface area contributed by atoms with Gasteiger partial charge >= 0.3 is 0 Å². The summed E-state index contributed by atoms with van der Waals surface area (Å²) in [5.41, 5.74) is -0.0586. The molecule has 5 nitrogen and oxygen atoms in total. The molecule has 1 saturated carbocycles. The molecule has 2 heterocycles. The zero-order valence-electron chi connectivity index (χ0n) is 14.6. The molecule has 26 heavy (non-hydrogen) atoms. The van der Waals surface area contributed by atoms with Gasteiger partial charge in [-0.1, -0.05) is 0 Å². The number of benzene rings is 1. The number of rotatable bonds is 3. The van der Waals surface area contributed by atoms with Crippen molar-refractivity contribution in [1.82, 2.24) is 4.90 Å². The lowest BCUT2D eigenvalue weighted by Crippen LogP contribution is -2.44. The number of ether oxygens (including phenoxy) is 2. The number of hydrogen-bond donors (Lipinski definition) is 0. The molecule has 1 saturated heterocycles. The lowest BCUT2D eigenvalue weighted by molar-refractivity contribution is -0.137. The Labute approximate surface area is 162 Å². The molecule has 1 aliphatic carbocycles. The van der Waals surface area contributed by atoms with Crippen LogP contribution in [0.1, 0.15) is 36.5 Å². The van der Waals surface area contributed by atoms with E-state index in [4.69, 9.17) is 32.7 Å². The highest BCUT2D eigenvalue weighted by atomic mass is 35.5. The van der Waals surface area contributed by atoms with Gasteiger partial charge in [-0.2, -0.15) is 0 Å². The number of carbonyl (C=O) groups is 2. The Morgan fingerprint density at radius 1 is 1.12 bits per heavy atom. The first-order chi connectivity index (χ1) is 12.3. The number of piperidine rings is 1. The van der Waals surface area contributed by atoms with Gasteiger partial charge in [0.1, 0.15) is 17.5 Å². The zero-order valence-corrected chi connectivity index (χ0v) is 16.1. The number of nitrogens with zero attached hydrogens (tertiary/aromatic N) is 1. The van der Waals surface area contributed by atoms with Crippen LogP contribution in [0.25, 0.3) is 0 Å². The van der Waals surface area contributed by atoms with Gasteiger partial charge in [0.2, 0.25) is 5.91 Å². The van der Waals surface area contributed by atoms with E-state index >= 15 is 0 Å². The van der Waals surface area contributed by atoms with Crippen LogP contribution in [0.2, 0.25) is 0 Å². The minimum absolute atomic E-state index is 0.00673. The van der Waals surface area contributed by atoms with Gasteiger partial charge in [-0.15, -0.1) is 23.2 Å². The first-order valence-electron chi connectivity index (χ1n) is 8.93. The van der Waals surface area contributed by atoms with E-state index in [9.17, 15) is 9.59 Å². The molecule has 0 radical (unpaired) electrons. The summed E-state index contributed by atoms with van der Waals surface area (Å²) in [6, 6.07) is 5.33. The van der Waals surface area contributed by atoms with Crippen molar-refractivity contribution in [2.24, 2.45) is 11.3 Å². The maximum absolute atomic E-state index is 12.8. The van der Waals surface area contributed by atoms with Crippen LogP contribution >= 0.6 is 23.2 Å². The van der Waals surface area contributed by atoms with Gasteiger partial charge < -0.3 is 14.4 Å². The second-order valence-corrected chi connectivity index (χ2v) is 8.99. The number of ketones is 1. The predicted molar refractivity (Wildman–Crippen MR) is 98.2 cm³/mol. The average Bonchev–Trinajstić information content (AvgIpc) is 3.19. The third kappa shape index (κ3) is 2.95. The monoisotopic (exact) mass is 397 g/mol. The third-order valence-electron chi connectivity index (χ3n) is 5.71. The molecule has 1 unspecified atom stereocenters. The van der Waals surface area contributed by atoms with Gasteiger partial charge in [0.25, 0.3) is 0 Å². The van der Waals surface area contributed by atoms with Gasteiger partial charge in [0.15, 0.2) is 17.3 Å². The van der Waals surface area contributed by atoms with Crippen molar-refractivity contribution < 1.29 is 19.1 Å². The number of halogens is 2. The molecule has 1 aromatic carbocycles. The molecule has 0 aromatic heterocycles. The molecule has 2 aliphatic heterocycles. The molecule has 140 valence electrons. The van der Waals surface area contributed by atoms with E-state index in [1.165, 1.54) is 0 Å². The van der Waals surface area contributed by atoms with Crippen molar-refractivity contribution in [3.63, 3.8) is 0 Å². The van der Waals surface area contributed by atoms with E-state index in [0.29, 0.717) is 62.6 Å². The topological polar surface area (TPSA) is 55.8 Å². The number of Topliss-reactive ketones (excluding diaryl/α,β-unsaturated/α-hetero) is 1. The summed E-state index contributed by atoms with van der Waals surface area (Å²) in [7, 11) is 0. The first-order valence-corrected chi connectivity index (χ1v) is 9.68. The number of hydrogen-bond acceptors (Lipinski definition) is 4. The van der Waals surface area contributed by atoms with E-state index in [1.54, 1.807) is 23.1 Å². The average molecular weight is 398 g/mol. The predicted octanol–water partition coefficient (Wildman–Crippen LogP) is 3.46. The highest BCUT2D eigenvalue weighted by Crippen LogP contribution is 2.64.